The van der Waals surface area contributed by atoms with E-state index in [0.717, 1.165) is 6.08 Å². The second-order valence-electron chi connectivity index (χ2n) is 5.91. The van der Waals surface area contributed by atoms with Gasteiger partial charge in [0.2, 0.25) is 0 Å². The summed E-state index contributed by atoms with van der Waals surface area (Å²) in [6, 6.07) is 14.6. The molecular formula is C21H11Cl2F3O3. The number of furan rings is 1. The van der Waals surface area contributed by atoms with Crippen molar-refractivity contribution in [2.75, 3.05) is 0 Å². The van der Waals surface area contributed by atoms with Gasteiger partial charge in [-0.25, -0.2) is 0 Å². The predicted octanol–water partition coefficient (Wildman–Crippen LogP) is 6.65. The van der Waals surface area contributed by atoms with Gasteiger partial charge in [-0.3, -0.25) is 9.59 Å². The summed E-state index contributed by atoms with van der Waals surface area (Å²) in [7, 11) is 0. The van der Waals surface area contributed by atoms with Gasteiger partial charge in [0.25, 0.3) is 5.78 Å². The summed E-state index contributed by atoms with van der Waals surface area (Å²) in [5.74, 6) is -3.22. The molecule has 3 rings (SSSR count). The Labute approximate surface area is 173 Å². The van der Waals surface area contributed by atoms with E-state index >= 15 is 0 Å². The third kappa shape index (κ3) is 4.78. The lowest BCUT2D eigenvalue weighted by molar-refractivity contribution is -0.166. The summed E-state index contributed by atoms with van der Waals surface area (Å²) >= 11 is 12.0. The molecule has 0 amide bonds. The van der Waals surface area contributed by atoms with Gasteiger partial charge in [0.1, 0.15) is 11.5 Å². The summed E-state index contributed by atoms with van der Waals surface area (Å²) in [6.07, 6.45) is -4.45. The first-order valence-electron chi connectivity index (χ1n) is 8.15. The number of alkyl halides is 3. The molecule has 0 fully saturated rings. The summed E-state index contributed by atoms with van der Waals surface area (Å²) < 4.78 is 44.6. The van der Waals surface area contributed by atoms with Crippen LogP contribution in [0.1, 0.15) is 16.1 Å². The van der Waals surface area contributed by atoms with Gasteiger partial charge in [-0.15, -0.1) is 0 Å². The average molecular weight is 439 g/mol. The number of carbonyl (C=O) groups excluding carboxylic acids is 2. The van der Waals surface area contributed by atoms with Crippen LogP contribution >= 0.6 is 23.2 Å². The molecule has 3 nitrogen and oxygen atoms in total. The molecule has 1 aromatic heterocycles. The molecule has 0 aliphatic heterocycles. The van der Waals surface area contributed by atoms with Crippen molar-refractivity contribution >= 4 is 40.8 Å². The summed E-state index contributed by atoms with van der Waals surface area (Å²) in [5, 5.41) is 0.691. The lowest BCUT2D eigenvalue weighted by Crippen LogP contribution is -2.28. The van der Waals surface area contributed by atoms with Crippen LogP contribution in [0.2, 0.25) is 10.0 Å². The Morgan fingerprint density at radius 3 is 2.28 bits per heavy atom. The zero-order valence-electron chi connectivity index (χ0n) is 14.5. The number of hydrogen-bond acceptors (Lipinski definition) is 3. The first-order valence-corrected chi connectivity index (χ1v) is 8.90. The molecule has 0 saturated heterocycles. The van der Waals surface area contributed by atoms with E-state index < -0.39 is 23.3 Å². The normalized spacial score (nSPS) is 12.1. The summed E-state index contributed by atoms with van der Waals surface area (Å²) in [5.41, 5.74) is -0.695. The molecule has 1 heterocycles. The number of rotatable bonds is 5. The maximum Gasteiger partial charge on any atom is 0.455 e. The molecule has 0 aliphatic rings. The highest BCUT2D eigenvalue weighted by molar-refractivity contribution is 6.35. The van der Waals surface area contributed by atoms with Crippen molar-refractivity contribution in [2.45, 2.75) is 6.18 Å². The molecule has 0 atom stereocenters. The Bertz CT molecular complexity index is 1100. The highest BCUT2D eigenvalue weighted by atomic mass is 35.5. The molecule has 29 heavy (non-hydrogen) atoms. The monoisotopic (exact) mass is 438 g/mol. The molecule has 0 N–H and O–H groups in total. The molecule has 0 bridgehead atoms. The molecule has 0 spiro atoms. The number of ketones is 2. The molecule has 2 aromatic carbocycles. The number of hydrogen-bond donors (Lipinski definition) is 0. The number of halogens is 5. The minimum atomic E-state index is -5.22. The van der Waals surface area contributed by atoms with Crippen LogP contribution in [0.5, 0.6) is 0 Å². The molecular weight excluding hydrogens is 428 g/mol. The third-order valence-corrected chi connectivity index (χ3v) is 4.45. The maximum absolute atomic E-state index is 13.0. The maximum atomic E-state index is 13.0. The number of carbonyl (C=O) groups is 2. The Morgan fingerprint density at radius 2 is 1.62 bits per heavy atom. The minimum Gasteiger partial charge on any atom is -0.457 e. The Hall–Kier alpha value is -2.83. The van der Waals surface area contributed by atoms with Gasteiger partial charge in [-0.05, 0) is 36.4 Å². The van der Waals surface area contributed by atoms with Crippen molar-refractivity contribution < 1.29 is 27.2 Å². The van der Waals surface area contributed by atoms with Gasteiger partial charge in [0, 0.05) is 16.1 Å². The van der Waals surface area contributed by atoms with Crippen molar-refractivity contribution in [3.05, 3.63) is 87.6 Å². The van der Waals surface area contributed by atoms with Crippen molar-refractivity contribution in [3.63, 3.8) is 0 Å². The van der Waals surface area contributed by atoms with Gasteiger partial charge >= 0.3 is 6.18 Å². The predicted molar refractivity (Wildman–Crippen MR) is 104 cm³/mol. The highest BCUT2D eigenvalue weighted by Gasteiger charge is 2.43. The van der Waals surface area contributed by atoms with Gasteiger partial charge < -0.3 is 4.42 Å². The lowest BCUT2D eigenvalue weighted by atomic mass is 9.99. The Kier molecular flexibility index (Phi) is 5.96. The molecule has 0 aliphatic carbocycles. The fraction of sp³-hybridized carbons (Fsp3) is 0.0476. The van der Waals surface area contributed by atoms with Crippen LogP contribution in [0.4, 0.5) is 13.2 Å². The number of allylic oxidation sites excluding steroid dienone is 1. The van der Waals surface area contributed by atoms with Gasteiger partial charge in [-0.2, -0.15) is 13.2 Å². The van der Waals surface area contributed by atoms with E-state index in [1.54, 1.807) is 12.1 Å². The fourth-order valence-electron chi connectivity index (χ4n) is 2.54. The van der Waals surface area contributed by atoms with Gasteiger partial charge in [0.05, 0.1) is 10.6 Å². The van der Waals surface area contributed by atoms with E-state index in [2.05, 4.69) is 0 Å². The second-order valence-corrected chi connectivity index (χ2v) is 6.75. The van der Waals surface area contributed by atoms with Crippen molar-refractivity contribution in [3.8, 4) is 11.3 Å². The molecule has 148 valence electrons. The largest absolute Gasteiger partial charge is 0.457 e. The van der Waals surface area contributed by atoms with Crippen LogP contribution in [-0.2, 0) is 4.79 Å². The van der Waals surface area contributed by atoms with E-state index in [1.165, 1.54) is 48.5 Å². The van der Waals surface area contributed by atoms with E-state index in [9.17, 15) is 22.8 Å². The van der Waals surface area contributed by atoms with Crippen LogP contribution in [0.3, 0.4) is 0 Å². The second kappa shape index (κ2) is 8.27. The van der Waals surface area contributed by atoms with E-state index in [0.29, 0.717) is 15.6 Å². The summed E-state index contributed by atoms with van der Waals surface area (Å²) in [6.45, 7) is 0. The van der Waals surface area contributed by atoms with Crippen molar-refractivity contribution in [2.24, 2.45) is 0 Å². The molecule has 0 radical (unpaired) electrons. The van der Waals surface area contributed by atoms with E-state index in [1.807, 2.05) is 0 Å². The van der Waals surface area contributed by atoms with Crippen LogP contribution in [0.15, 0.2) is 70.7 Å². The third-order valence-electron chi connectivity index (χ3n) is 3.89. The van der Waals surface area contributed by atoms with Crippen LogP contribution in [0, 0.1) is 0 Å². The zero-order valence-corrected chi connectivity index (χ0v) is 16.0. The lowest BCUT2D eigenvalue weighted by Gasteiger charge is -2.08. The number of benzene rings is 2. The minimum absolute atomic E-state index is 0.0546. The quantitative estimate of drug-likeness (QED) is 0.194. The smallest absolute Gasteiger partial charge is 0.455 e. The van der Waals surface area contributed by atoms with E-state index in [4.69, 9.17) is 27.6 Å². The molecule has 0 unspecified atom stereocenters. The van der Waals surface area contributed by atoms with Crippen LogP contribution in [0.25, 0.3) is 17.4 Å². The fourth-order valence-corrected chi connectivity index (χ4v) is 2.92. The standard InChI is InChI=1S/C21H11Cl2F3O3/c22-13-6-8-17(23)15(10-13)18-9-7-14(29-18)11-16(20(28)21(24,25)26)19(27)12-4-2-1-3-5-12/h1-11H/b16-11+. The first kappa shape index (κ1) is 20.9. The molecule has 0 saturated carbocycles. The van der Waals surface area contributed by atoms with Crippen LogP contribution < -0.4 is 0 Å². The van der Waals surface area contributed by atoms with Crippen molar-refractivity contribution in [1.82, 2.24) is 0 Å². The van der Waals surface area contributed by atoms with Crippen molar-refractivity contribution in [1.29, 1.82) is 0 Å². The first-order chi connectivity index (χ1) is 13.7. The van der Waals surface area contributed by atoms with Gasteiger partial charge in [-0.1, -0.05) is 53.5 Å². The zero-order chi connectivity index (χ0) is 21.2. The molecule has 8 heteroatoms. The van der Waals surface area contributed by atoms with Gasteiger partial charge in [0.15, 0.2) is 5.78 Å². The molecule has 3 aromatic rings. The average Bonchev–Trinajstić information content (AvgIpc) is 3.15. The van der Waals surface area contributed by atoms with Crippen LogP contribution in [-0.4, -0.2) is 17.7 Å². The summed E-state index contributed by atoms with van der Waals surface area (Å²) in [4.78, 5) is 24.4. The number of Topliss-reactive ketones (excluding diaryl/α,β-unsaturated/α-hetero) is 2. The Morgan fingerprint density at radius 1 is 0.931 bits per heavy atom. The van der Waals surface area contributed by atoms with E-state index in [-0.39, 0.29) is 17.1 Å². The Balaban J connectivity index is 2.05. The topological polar surface area (TPSA) is 47.3 Å². The highest BCUT2D eigenvalue weighted by Crippen LogP contribution is 2.33. The SMILES string of the molecule is O=C(/C(=C\c1ccc(-c2cc(Cl)ccc2Cl)o1)C(=O)C(F)(F)F)c1ccccc1.